The molecule has 5 nitrogen and oxygen atoms in total. The summed E-state index contributed by atoms with van der Waals surface area (Å²) in [6.07, 6.45) is 1.44. The highest BCUT2D eigenvalue weighted by Crippen LogP contribution is 2.19. The molecule has 1 aliphatic rings. The monoisotopic (exact) mass is 338 g/mol. The Kier molecular flexibility index (Phi) is 5.46. The lowest BCUT2D eigenvalue weighted by Gasteiger charge is -2.12. The van der Waals surface area contributed by atoms with Crippen LogP contribution in [-0.2, 0) is 16.1 Å². The topological polar surface area (TPSA) is 67.4 Å². The van der Waals surface area contributed by atoms with Gasteiger partial charge in [-0.1, -0.05) is 30.3 Å². The van der Waals surface area contributed by atoms with E-state index in [0.29, 0.717) is 12.1 Å². The number of ether oxygens (including phenoxy) is 1. The van der Waals surface area contributed by atoms with Crippen molar-refractivity contribution in [3.05, 3.63) is 65.7 Å². The van der Waals surface area contributed by atoms with Crippen LogP contribution in [0.5, 0.6) is 0 Å². The van der Waals surface area contributed by atoms with E-state index in [2.05, 4.69) is 10.6 Å². The molecule has 5 heteroatoms. The summed E-state index contributed by atoms with van der Waals surface area (Å²) in [6, 6.07) is 16.6. The van der Waals surface area contributed by atoms with Crippen LogP contribution in [0.15, 0.2) is 54.6 Å². The van der Waals surface area contributed by atoms with Gasteiger partial charge in [-0.2, -0.15) is 0 Å². The third-order valence-corrected chi connectivity index (χ3v) is 4.21. The zero-order valence-electron chi connectivity index (χ0n) is 14.2. The van der Waals surface area contributed by atoms with Gasteiger partial charge in [0.2, 0.25) is 5.91 Å². The number of para-hydroxylation sites is 1. The second kappa shape index (κ2) is 7.94. The van der Waals surface area contributed by atoms with Crippen LogP contribution in [-0.4, -0.2) is 24.0 Å². The van der Waals surface area contributed by atoms with Gasteiger partial charge in [0.25, 0.3) is 5.91 Å². The molecule has 2 aromatic carbocycles. The molecule has 1 heterocycles. The summed E-state index contributed by atoms with van der Waals surface area (Å²) in [4.78, 5) is 24.4. The van der Waals surface area contributed by atoms with Crippen molar-refractivity contribution in [2.75, 3.05) is 5.32 Å². The van der Waals surface area contributed by atoms with E-state index in [0.717, 1.165) is 24.1 Å². The van der Waals surface area contributed by atoms with Gasteiger partial charge in [-0.3, -0.25) is 9.59 Å². The van der Waals surface area contributed by atoms with Crippen molar-refractivity contribution in [3.8, 4) is 0 Å². The Hall–Kier alpha value is -2.66. The highest BCUT2D eigenvalue weighted by molar-refractivity contribution is 6.04. The average molecular weight is 338 g/mol. The predicted molar refractivity (Wildman–Crippen MR) is 96.3 cm³/mol. The number of carbonyl (C=O) groups excluding carboxylic acids is 2. The molecule has 1 saturated heterocycles. The maximum Gasteiger partial charge on any atom is 0.255 e. The van der Waals surface area contributed by atoms with Crippen LogP contribution in [0.1, 0.15) is 35.7 Å². The Morgan fingerprint density at radius 1 is 1.08 bits per heavy atom. The summed E-state index contributed by atoms with van der Waals surface area (Å²) in [5, 5.41) is 5.74. The van der Waals surface area contributed by atoms with Crippen LogP contribution in [0.4, 0.5) is 5.69 Å². The summed E-state index contributed by atoms with van der Waals surface area (Å²) in [5.41, 5.74) is 2.18. The molecule has 1 aliphatic heterocycles. The van der Waals surface area contributed by atoms with E-state index in [-0.39, 0.29) is 24.0 Å². The second-order valence-electron chi connectivity index (χ2n) is 6.25. The van der Waals surface area contributed by atoms with E-state index in [9.17, 15) is 9.59 Å². The van der Waals surface area contributed by atoms with E-state index < -0.39 is 0 Å². The predicted octanol–water partition coefficient (Wildman–Crippen LogP) is 3.12. The molecule has 0 unspecified atom stereocenters. The number of rotatable bonds is 5. The Balaban J connectivity index is 1.57. The van der Waals surface area contributed by atoms with Crippen LogP contribution >= 0.6 is 0 Å². The number of nitrogens with one attached hydrogen (secondary N) is 2. The zero-order chi connectivity index (χ0) is 17.6. The van der Waals surface area contributed by atoms with E-state index >= 15 is 0 Å². The number of hydrogen-bond acceptors (Lipinski definition) is 3. The third-order valence-electron chi connectivity index (χ3n) is 4.21. The van der Waals surface area contributed by atoms with E-state index in [1.807, 2.05) is 49.4 Å². The molecule has 0 saturated carbocycles. The standard InChI is InChI=1S/C20H22N2O3/c1-14-10-11-18(25-14)20(24)21-13-15-6-5-7-16(12-15)19(23)22-17-8-3-2-4-9-17/h2-9,12,14,18H,10-11,13H2,1H3,(H,21,24)(H,22,23)/t14-,18+/m1/s1. The second-order valence-corrected chi connectivity index (χ2v) is 6.25. The van der Waals surface area contributed by atoms with Gasteiger partial charge in [-0.25, -0.2) is 0 Å². The van der Waals surface area contributed by atoms with Crippen LogP contribution in [0.3, 0.4) is 0 Å². The van der Waals surface area contributed by atoms with Gasteiger partial charge >= 0.3 is 0 Å². The lowest BCUT2D eigenvalue weighted by Crippen LogP contribution is -2.34. The Morgan fingerprint density at radius 2 is 1.88 bits per heavy atom. The largest absolute Gasteiger partial charge is 0.365 e. The number of benzene rings is 2. The molecule has 2 amide bonds. The first kappa shape index (κ1) is 17.2. The Labute approximate surface area is 147 Å². The summed E-state index contributed by atoms with van der Waals surface area (Å²) >= 11 is 0. The average Bonchev–Trinajstić information content (AvgIpc) is 3.07. The van der Waals surface area contributed by atoms with Crippen molar-refractivity contribution >= 4 is 17.5 Å². The molecule has 25 heavy (non-hydrogen) atoms. The van der Waals surface area contributed by atoms with Crippen molar-refractivity contribution in [1.82, 2.24) is 5.32 Å². The summed E-state index contributed by atoms with van der Waals surface area (Å²) in [5.74, 6) is -0.268. The molecule has 0 aromatic heterocycles. The lowest BCUT2D eigenvalue weighted by atomic mass is 10.1. The minimum atomic E-state index is -0.362. The maximum absolute atomic E-state index is 12.3. The molecule has 2 aromatic rings. The van der Waals surface area contributed by atoms with Crippen molar-refractivity contribution in [1.29, 1.82) is 0 Å². The molecule has 0 spiro atoms. The first-order valence-electron chi connectivity index (χ1n) is 8.50. The number of hydrogen-bond donors (Lipinski definition) is 2. The molecule has 130 valence electrons. The minimum absolute atomic E-state index is 0.0940. The number of anilines is 1. The maximum atomic E-state index is 12.3. The third kappa shape index (κ3) is 4.67. The van der Waals surface area contributed by atoms with Gasteiger partial charge in [0, 0.05) is 17.8 Å². The Bertz CT molecular complexity index is 746. The minimum Gasteiger partial charge on any atom is -0.365 e. The van der Waals surface area contributed by atoms with E-state index in [1.165, 1.54) is 0 Å². The molecular weight excluding hydrogens is 316 g/mol. The summed E-state index contributed by atoms with van der Waals surface area (Å²) in [7, 11) is 0. The van der Waals surface area contributed by atoms with Crippen LogP contribution in [0.25, 0.3) is 0 Å². The molecule has 0 radical (unpaired) electrons. The number of amides is 2. The summed E-state index contributed by atoms with van der Waals surface area (Å²) in [6.45, 7) is 2.35. The van der Waals surface area contributed by atoms with Crippen molar-refractivity contribution in [3.63, 3.8) is 0 Å². The normalized spacial score (nSPS) is 19.4. The smallest absolute Gasteiger partial charge is 0.255 e. The fourth-order valence-electron chi connectivity index (χ4n) is 2.85. The lowest BCUT2D eigenvalue weighted by molar-refractivity contribution is -0.131. The first-order valence-corrected chi connectivity index (χ1v) is 8.50. The fraction of sp³-hybridized carbons (Fsp3) is 0.300. The quantitative estimate of drug-likeness (QED) is 0.880. The molecule has 0 aliphatic carbocycles. The summed E-state index contributed by atoms with van der Waals surface area (Å²) < 4.78 is 5.56. The molecule has 0 bridgehead atoms. The fourth-order valence-corrected chi connectivity index (χ4v) is 2.85. The van der Waals surface area contributed by atoms with Gasteiger partial charge in [-0.15, -0.1) is 0 Å². The van der Waals surface area contributed by atoms with Crippen LogP contribution in [0.2, 0.25) is 0 Å². The van der Waals surface area contributed by atoms with Crippen LogP contribution in [0, 0.1) is 0 Å². The zero-order valence-corrected chi connectivity index (χ0v) is 14.2. The van der Waals surface area contributed by atoms with Gasteiger partial charge in [0.1, 0.15) is 6.10 Å². The Morgan fingerprint density at radius 3 is 2.60 bits per heavy atom. The van der Waals surface area contributed by atoms with Crippen molar-refractivity contribution < 1.29 is 14.3 Å². The SMILES string of the molecule is C[C@@H]1CC[C@@H](C(=O)NCc2cccc(C(=O)Nc3ccccc3)c2)O1. The highest BCUT2D eigenvalue weighted by Gasteiger charge is 2.27. The van der Waals surface area contributed by atoms with Gasteiger partial charge in [-0.05, 0) is 49.6 Å². The molecule has 1 fully saturated rings. The molecule has 2 N–H and O–H groups in total. The number of carbonyl (C=O) groups is 2. The highest BCUT2D eigenvalue weighted by atomic mass is 16.5. The molecule has 2 atom stereocenters. The van der Waals surface area contributed by atoms with E-state index in [4.69, 9.17) is 4.74 Å². The van der Waals surface area contributed by atoms with Crippen molar-refractivity contribution in [2.24, 2.45) is 0 Å². The van der Waals surface area contributed by atoms with Crippen LogP contribution < -0.4 is 10.6 Å². The van der Waals surface area contributed by atoms with Gasteiger partial charge in [0.05, 0.1) is 6.10 Å². The van der Waals surface area contributed by atoms with Gasteiger partial charge in [0.15, 0.2) is 0 Å². The van der Waals surface area contributed by atoms with Crippen molar-refractivity contribution in [2.45, 2.75) is 38.5 Å². The molecular formula is C20H22N2O3. The first-order chi connectivity index (χ1) is 12.1. The van der Waals surface area contributed by atoms with E-state index in [1.54, 1.807) is 12.1 Å². The van der Waals surface area contributed by atoms with Gasteiger partial charge < -0.3 is 15.4 Å². The molecule has 3 rings (SSSR count).